The first kappa shape index (κ1) is 24.5. The summed E-state index contributed by atoms with van der Waals surface area (Å²) in [6.45, 7) is 2.61. The van der Waals surface area contributed by atoms with Crippen molar-refractivity contribution < 1.29 is 22.5 Å². The molecule has 5 rings (SSSR count). The van der Waals surface area contributed by atoms with Gasteiger partial charge in [0.2, 0.25) is 5.88 Å². The fourth-order valence-electron chi connectivity index (χ4n) is 5.14. The van der Waals surface area contributed by atoms with E-state index in [1.54, 1.807) is 13.0 Å². The Kier molecular flexibility index (Phi) is 7.40. The predicted octanol–water partition coefficient (Wildman–Crippen LogP) is 2.63. The molecular weight excluding hydrogens is 455 g/mol. The molecule has 0 unspecified atom stereocenters. The minimum Gasteiger partial charge on any atom is -0.381 e. The Morgan fingerprint density at radius 1 is 1.06 bits per heavy atom. The zero-order valence-electron chi connectivity index (χ0n) is 19.1. The van der Waals surface area contributed by atoms with Crippen molar-refractivity contribution in [3.8, 4) is 0 Å². The van der Waals surface area contributed by atoms with Crippen molar-refractivity contribution in [2.45, 2.75) is 64.3 Å². The molecule has 173 valence electrons. The second kappa shape index (κ2) is 9.95. The van der Waals surface area contributed by atoms with Gasteiger partial charge in [-0.2, -0.15) is 8.42 Å². The smallest absolute Gasteiger partial charge is 0.334 e. The molecular formula is C22H28N4NaO5S. The van der Waals surface area contributed by atoms with Crippen molar-refractivity contribution >= 4 is 57.4 Å². The quantitative estimate of drug-likeness (QED) is 0.632. The number of anilines is 2. The molecule has 1 aromatic heterocycles. The van der Waals surface area contributed by atoms with Crippen LogP contribution in [0.5, 0.6) is 0 Å². The Bertz CT molecular complexity index is 1110. The molecule has 1 saturated heterocycles. The van der Waals surface area contributed by atoms with Crippen molar-refractivity contribution in [2.24, 2.45) is 0 Å². The van der Waals surface area contributed by atoms with Gasteiger partial charge >= 0.3 is 16.2 Å². The molecule has 0 spiro atoms. The molecule has 1 aromatic carbocycles. The second-order valence-electron chi connectivity index (χ2n) is 8.74. The molecule has 1 fully saturated rings. The largest absolute Gasteiger partial charge is 0.381 e. The number of amides is 2. The third kappa shape index (κ3) is 4.95. The molecule has 11 heteroatoms. The van der Waals surface area contributed by atoms with Crippen LogP contribution in [-0.4, -0.2) is 68.4 Å². The Hall–Kier alpha value is -1.59. The number of hydrogen-bond acceptors (Lipinski definition) is 6. The molecule has 0 atom stereocenters. The number of hydrogen-bond donors (Lipinski definition) is 2. The van der Waals surface area contributed by atoms with Gasteiger partial charge in [0.1, 0.15) is 0 Å². The van der Waals surface area contributed by atoms with E-state index in [0.29, 0.717) is 31.7 Å². The average Bonchev–Trinajstić information content (AvgIpc) is 3.49. The molecule has 2 aromatic rings. The topological polar surface area (TPSA) is 114 Å². The normalized spacial score (nSPS) is 17.7. The minimum absolute atomic E-state index is 0. The van der Waals surface area contributed by atoms with E-state index in [1.807, 2.05) is 0 Å². The van der Waals surface area contributed by atoms with Crippen LogP contribution in [0.15, 0.2) is 16.7 Å². The number of ether oxygens (including phenoxy) is 1. The number of benzene rings is 1. The Balaban J connectivity index is 0.00000259. The summed E-state index contributed by atoms with van der Waals surface area (Å²) < 4.78 is 40.7. The van der Waals surface area contributed by atoms with E-state index in [4.69, 9.17) is 9.26 Å². The van der Waals surface area contributed by atoms with E-state index in [2.05, 4.69) is 21.3 Å². The first-order chi connectivity index (χ1) is 15.4. The van der Waals surface area contributed by atoms with Gasteiger partial charge in [0.25, 0.3) is 0 Å². The number of carbonyl (C=O) groups is 1. The number of carbonyl (C=O) groups excluding carboxylic acids is 1. The molecule has 3 aliphatic rings. The van der Waals surface area contributed by atoms with E-state index < -0.39 is 16.2 Å². The van der Waals surface area contributed by atoms with Crippen LogP contribution in [0.25, 0.3) is 0 Å². The van der Waals surface area contributed by atoms with Crippen molar-refractivity contribution in [1.82, 2.24) is 9.88 Å². The maximum absolute atomic E-state index is 13.3. The van der Waals surface area contributed by atoms with E-state index in [1.165, 1.54) is 11.1 Å². The number of rotatable bonds is 5. The maximum atomic E-state index is 13.3. The van der Waals surface area contributed by atoms with Crippen LogP contribution < -0.4 is 14.3 Å². The standard InChI is InChI=1S/C22H28N4O5S.Na/c1-14-12-20(31-24-14)26(17-8-10-30-11-9-17)32(28,29)25-22(27)23-21-18-6-2-4-15(18)13-16-5-3-7-19(16)21;/h12-13,17H,2-11H2,1H3,(H2,23,25,27);. The van der Waals surface area contributed by atoms with Crippen LogP contribution in [-0.2, 0) is 40.6 Å². The van der Waals surface area contributed by atoms with Gasteiger partial charge in [-0.3, -0.25) is 0 Å². The fourth-order valence-corrected chi connectivity index (χ4v) is 6.45. The van der Waals surface area contributed by atoms with Gasteiger partial charge in [-0.15, -0.1) is 0 Å². The number of aryl methyl sites for hydroxylation is 3. The summed E-state index contributed by atoms with van der Waals surface area (Å²) in [6, 6.07) is 2.69. The van der Waals surface area contributed by atoms with Gasteiger partial charge in [0.05, 0.1) is 11.7 Å². The second-order valence-corrected chi connectivity index (χ2v) is 10.3. The molecule has 0 bridgehead atoms. The fraction of sp³-hybridized carbons (Fsp3) is 0.545. The number of aromatic nitrogens is 1. The minimum atomic E-state index is -4.23. The summed E-state index contributed by atoms with van der Waals surface area (Å²) in [7, 11) is -4.23. The zero-order chi connectivity index (χ0) is 22.3. The van der Waals surface area contributed by atoms with Gasteiger partial charge in [-0.1, -0.05) is 11.2 Å². The summed E-state index contributed by atoms with van der Waals surface area (Å²) in [6.07, 6.45) is 6.90. The summed E-state index contributed by atoms with van der Waals surface area (Å²) in [5, 5.41) is 6.72. The molecule has 2 amide bonds. The van der Waals surface area contributed by atoms with Crippen LogP contribution >= 0.6 is 0 Å². The molecule has 33 heavy (non-hydrogen) atoms. The van der Waals surface area contributed by atoms with Crippen molar-refractivity contribution in [1.29, 1.82) is 0 Å². The first-order valence-electron chi connectivity index (χ1n) is 11.2. The summed E-state index contributed by atoms with van der Waals surface area (Å²) >= 11 is 0. The SMILES string of the molecule is Cc1cc(N(C2CCOCC2)S(=O)(=O)NC(=O)Nc2c3c(cc4c2CCC4)CCC3)on1.[Na]. The van der Waals surface area contributed by atoms with Crippen molar-refractivity contribution in [3.63, 3.8) is 0 Å². The molecule has 2 aliphatic carbocycles. The predicted molar refractivity (Wildman–Crippen MR) is 125 cm³/mol. The summed E-state index contributed by atoms with van der Waals surface area (Å²) in [5.74, 6) is 0.0937. The molecule has 1 aliphatic heterocycles. The van der Waals surface area contributed by atoms with Crippen LogP contribution in [0.2, 0.25) is 0 Å². The van der Waals surface area contributed by atoms with Gasteiger partial charge in [0, 0.05) is 54.5 Å². The number of nitrogens with one attached hydrogen (secondary N) is 2. The van der Waals surface area contributed by atoms with Gasteiger partial charge in [-0.25, -0.2) is 13.8 Å². The zero-order valence-corrected chi connectivity index (χ0v) is 22.0. The van der Waals surface area contributed by atoms with E-state index in [0.717, 1.165) is 59.6 Å². The maximum Gasteiger partial charge on any atom is 0.334 e. The van der Waals surface area contributed by atoms with E-state index >= 15 is 0 Å². The third-order valence-corrected chi connectivity index (χ3v) is 7.99. The monoisotopic (exact) mass is 483 g/mol. The molecule has 0 saturated carbocycles. The third-order valence-electron chi connectivity index (χ3n) is 6.55. The molecule has 1 radical (unpaired) electrons. The molecule has 2 N–H and O–H groups in total. The van der Waals surface area contributed by atoms with Gasteiger partial charge < -0.3 is 14.6 Å². The van der Waals surface area contributed by atoms with Crippen LogP contribution in [0.4, 0.5) is 16.4 Å². The number of urea groups is 1. The first-order valence-corrected chi connectivity index (χ1v) is 12.7. The number of fused-ring (bicyclic) bond motifs is 2. The van der Waals surface area contributed by atoms with Crippen molar-refractivity contribution in [3.05, 3.63) is 40.1 Å². The van der Waals surface area contributed by atoms with Crippen LogP contribution in [0, 0.1) is 6.92 Å². The van der Waals surface area contributed by atoms with Crippen LogP contribution in [0.1, 0.15) is 53.6 Å². The van der Waals surface area contributed by atoms with Gasteiger partial charge in [-0.05, 0) is 80.5 Å². The van der Waals surface area contributed by atoms with E-state index in [9.17, 15) is 13.2 Å². The summed E-state index contributed by atoms with van der Waals surface area (Å²) in [5.41, 5.74) is 6.19. The Morgan fingerprint density at radius 2 is 1.70 bits per heavy atom. The number of nitrogens with zero attached hydrogens (tertiary/aromatic N) is 2. The van der Waals surface area contributed by atoms with Crippen LogP contribution in [0.3, 0.4) is 0 Å². The molecule has 9 nitrogen and oxygen atoms in total. The summed E-state index contributed by atoms with van der Waals surface area (Å²) in [4.78, 5) is 13.0. The van der Waals surface area contributed by atoms with E-state index in [-0.39, 0.29) is 41.5 Å². The Morgan fingerprint density at radius 3 is 2.27 bits per heavy atom. The molecule has 2 heterocycles. The Labute approximate surface area is 216 Å². The van der Waals surface area contributed by atoms with Gasteiger partial charge in [0.15, 0.2) is 0 Å². The average molecular weight is 484 g/mol. The van der Waals surface area contributed by atoms with Crippen molar-refractivity contribution in [2.75, 3.05) is 22.8 Å².